The molecule has 0 atom stereocenters. The van der Waals surface area contributed by atoms with E-state index in [1.165, 1.54) is 74.1 Å². The third-order valence-corrected chi connectivity index (χ3v) is 13.4. The van der Waals surface area contributed by atoms with Crippen LogP contribution in [-0.2, 0) is 24.9 Å². The molecule has 2 heterocycles. The molecule has 0 saturated heterocycles. The zero-order valence-electron chi connectivity index (χ0n) is 43.8. The van der Waals surface area contributed by atoms with Crippen LogP contribution in [0, 0.1) is 44.7 Å². The molecule has 4 nitrogen and oxygen atoms in total. The molecule has 1 radical (unpaired) electrons. The van der Waals surface area contributed by atoms with Gasteiger partial charge in [0.05, 0.1) is 11.2 Å². The Morgan fingerprint density at radius 1 is 0.688 bits per heavy atom. The Balaban J connectivity index is 0.000000198. The number of hydrogen-bond donors (Lipinski definition) is 1. The molecule has 2 saturated carbocycles. The second kappa shape index (κ2) is 24.2. The summed E-state index contributed by atoms with van der Waals surface area (Å²) in [6.45, 7) is 18.6. The number of aryl methyl sites for hydroxylation is 3. The van der Waals surface area contributed by atoms with Crippen LogP contribution < -0.4 is 0 Å². The average Bonchev–Trinajstić information content (AvgIpc) is 4.06. The van der Waals surface area contributed by atoms with Crippen LogP contribution in [0.1, 0.15) is 175 Å². The zero-order chi connectivity index (χ0) is 48.5. The predicted octanol–water partition coefficient (Wildman–Crippen LogP) is 16.6. The van der Waals surface area contributed by atoms with Gasteiger partial charge in [-0.25, -0.2) is 0 Å². The molecule has 64 heavy (non-hydrogen) atoms. The van der Waals surface area contributed by atoms with Crippen LogP contribution in [0.5, 0.6) is 0 Å². The van der Waals surface area contributed by atoms with E-state index in [0.29, 0.717) is 17.8 Å². The Hall–Kier alpha value is -4.44. The molecule has 341 valence electrons. The van der Waals surface area contributed by atoms with E-state index >= 15 is 0 Å². The maximum absolute atomic E-state index is 11.7. The van der Waals surface area contributed by atoms with Crippen LogP contribution >= 0.6 is 0 Å². The van der Waals surface area contributed by atoms with Gasteiger partial charge in [-0.15, -0.1) is 69.8 Å². The maximum Gasteiger partial charge on any atom is 0.162 e. The normalized spacial score (nSPS) is 15.3. The van der Waals surface area contributed by atoms with E-state index in [-0.39, 0.29) is 67.9 Å². The molecule has 6 aromatic rings. The van der Waals surface area contributed by atoms with Crippen LogP contribution in [0.25, 0.3) is 44.1 Å². The largest absolute Gasteiger partial charge is 0.512 e. The second-order valence-corrected chi connectivity index (χ2v) is 18.4. The van der Waals surface area contributed by atoms with E-state index in [4.69, 9.17) is 5.48 Å². The smallest absolute Gasteiger partial charge is 0.162 e. The molecule has 2 aliphatic rings. The Morgan fingerprint density at radius 3 is 1.58 bits per heavy atom. The molecule has 2 aromatic heterocycles. The third-order valence-electron chi connectivity index (χ3n) is 13.4. The summed E-state index contributed by atoms with van der Waals surface area (Å²) in [5.74, 6) is 2.16. The number of benzene rings is 4. The number of aromatic nitrogens is 2. The summed E-state index contributed by atoms with van der Waals surface area (Å²) >= 11 is 0. The molecule has 0 aliphatic heterocycles. The minimum absolute atomic E-state index is 0. The Morgan fingerprint density at radius 2 is 1.14 bits per heavy atom. The average molecular weight is 1040 g/mol. The molecular formula is C59H72IrN2O2-2. The summed E-state index contributed by atoms with van der Waals surface area (Å²) in [4.78, 5) is 20.6. The van der Waals surface area contributed by atoms with E-state index in [2.05, 4.69) is 110 Å². The number of carbonyl (C=O) groups excluding carboxylic acids is 1. The second-order valence-electron chi connectivity index (χ2n) is 18.4. The number of fused-ring (bicyclic) bond motifs is 2. The van der Waals surface area contributed by atoms with Gasteiger partial charge >= 0.3 is 0 Å². The fourth-order valence-corrected chi connectivity index (χ4v) is 9.60. The number of ketones is 1. The number of pyridine rings is 2. The minimum atomic E-state index is 0. The van der Waals surface area contributed by atoms with Crippen LogP contribution in [0.4, 0.5) is 0 Å². The van der Waals surface area contributed by atoms with Gasteiger partial charge in [0.25, 0.3) is 0 Å². The van der Waals surface area contributed by atoms with Crippen molar-refractivity contribution < 1.29 is 35.5 Å². The number of allylic oxidation sites excluding steroid dienone is 2. The van der Waals surface area contributed by atoms with E-state index in [1.807, 2.05) is 34.6 Å². The van der Waals surface area contributed by atoms with E-state index in [1.54, 1.807) is 0 Å². The van der Waals surface area contributed by atoms with Gasteiger partial charge in [0.2, 0.25) is 0 Å². The summed E-state index contributed by atoms with van der Waals surface area (Å²) in [7, 11) is 0. The number of aliphatic hydroxyl groups excluding tert-OH is 1. The van der Waals surface area contributed by atoms with Gasteiger partial charge in [0.1, 0.15) is 0 Å². The van der Waals surface area contributed by atoms with E-state index in [0.717, 1.165) is 86.4 Å². The van der Waals surface area contributed by atoms with Gasteiger partial charge < -0.3 is 15.1 Å². The van der Waals surface area contributed by atoms with Crippen molar-refractivity contribution in [3.05, 3.63) is 142 Å². The number of nitrogens with zero attached hydrogens (tertiary/aromatic N) is 2. The summed E-state index contributed by atoms with van der Waals surface area (Å²) < 4.78 is 33.2. The van der Waals surface area contributed by atoms with Crippen molar-refractivity contribution >= 4 is 27.3 Å². The van der Waals surface area contributed by atoms with Crippen LogP contribution in [0.15, 0.2) is 96.9 Å². The van der Waals surface area contributed by atoms with Gasteiger partial charge in [0.15, 0.2) is 5.78 Å². The minimum Gasteiger partial charge on any atom is -0.512 e. The molecule has 0 bridgehead atoms. The van der Waals surface area contributed by atoms with Gasteiger partial charge in [0, 0.05) is 50.4 Å². The monoisotopic (exact) mass is 1040 g/mol. The molecule has 0 amide bonds. The molecule has 8 rings (SSSR count). The zero-order valence-corrected chi connectivity index (χ0v) is 42.2. The van der Waals surface area contributed by atoms with Crippen molar-refractivity contribution in [3.63, 3.8) is 0 Å². The van der Waals surface area contributed by atoms with Crippen LogP contribution in [0.2, 0.25) is 0 Å². The Labute approximate surface area is 404 Å². The number of carbonyl (C=O) groups is 1. The van der Waals surface area contributed by atoms with Gasteiger partial charge in [-0.05, 0) is 125 Å². The van der Waals surface area contributed by atoms with Crippen molar-refractivity contribution in [3.8, 4) is 22.5 Å². The van der Waals surface area contributed by atoms with Crippen molar-refractivity contribution in [1.29, 1.82) is 0 Å². The molecular weight excluding hydrogens is 961 g/mol. The summed E-state index contributed by atoms with van der Waals surface area (Å²) in [5.41, 5.74) is 10.5. The molecule has 0 spiro atoms. The van der Waals surface area contributed by atoms with Crippen molar-refractivity contribution in [2.24, 2.45) is 11.8 Å². The first-order valence-corrected chi connectivity index (χ1v) is 23.9. The number of rotatable bonds is 12. The van der Waals surface area contributed by atoms with Gasteiger partial charge in [-0.1, -0.05) is 124 Å². The molecule has 2 aliphatic carbocycles. The number of hydrogen-bond acceptors (Lipinski definition) is 4. The summed E-state index contributed by atoms with van der Waals surface area (Å²) in [6.07, 6.45) is 15.1. The van der Waals surface area contributed by atoms with Gasteiger partial charge in [-0.3, -0.25) is 4.79 Å². The topological polar surface area (TPSA) is 63.1 Å². The Kier molecular flexibility index (Phi) is 16.9. The molecule has 2 fully saturated rings. The van der Waals surface area contributed by atoms with E-state index in [9.17, 15) is 9.90 Å². The van der Waals surface area contributed by atoms with E-state index < -0.39 is 0 Å². The van der Waals surface area contributed by atoms with Crippen LogP contribution in [-0.4, -0.2) is 20.9 Å². The first kappa shape index (κ1) is 44.7. The standard InChI is InChI=1S/C24H26N.C22H22N.C13H24O2.Ir/c1-16(2)21-12-17(3)13-22(15-21)24-23-9-8-19(18-6-4-5-7-18)14-20(23)10-11-25-24;1-15-11-16(2)13-20(12-15)22-21-8-7-18(17-5-3-4-6-17)14-19(21)9-10-23-22;1-5-10(6-2)12(14)9-13(15)11(7-3)8-4;/h8-12,14-16,18H,4-7H2,1-3H3;7-12,14,17H,3-6H2,1-2H3;9-11,14H,5-8H2,1-4H3;/q2*-1;;/b;;12-9-;/i10D,11D;9D,10D;;. The molecule has 1 N–H and O–H groups in total. The van der Waals surface area contributed by atoms with Crippen LogP contribution in [0.3, 0.4) is 0 Å². The fraction of sp³-hybridized carbons (Fsp3) is 0.441. The quantitative estimate of drug-likeness (QED) is 0.0754. The fourth-order valence-electron chi connectivity index (χ4n) is 9.60. The van der Waals surface area contributed by atoms with Gasteiger partial charge in [-0.2, -0.15) is 0 Å². The number of aliphatic hydroxyl groups is 1. The summed E-state index contributed by atoms with van der Waals surface area (Å²) in [6, 6.07) is 28.5. The van der Waals surface area contributed by atoms with Crippen molar-refractivity contribution in [1.82, 2.24) is 9.97 Å². The summed E-state index contributed by atoms with van der Waals surface area (Å²) in [5, 5.41) is 13.3. The first-order valence-electron chi connectivity index (χ1n) is 25.9. The Bertz CT molecular complexity index is 2690. The first-order chi connectivity index (χ1) is 32.1. The third kappa shape index (κ3) is 12.9. The molecule has 0 unspecified atom stereocenters. The SMILES string of the molecule is CCC(CC)C(=O)/C=C(\O)C(CC)CC.[2H]c1nc(-c2[c-]c(C)cc(C(C)C)c2)c2ccc(C3CCCC3)cc2c1[2H].[2H]c1nc(-c2[c-]c(C)cc(C)c2)c2ccc(C3CCCC3)cc2c1[2H].[Ir]. The molecule has 5 heteroatoms. The molecule has 4 aromatic carbocycles. The maximum atomic E-state index is 11.7. The van der Waals surface area contributed by atoms with Crippen molar-refractivity contribution in [2.75, 3.05) is 0 Å². The van der Waals surface area contributed by atoms with Crippen molar-refractivity contribution in [2.45, 2.75) is 157 Å². The predicted molar refractivity (Wildman–Crippen MR) is 267 cm³/mol.